The van der Waals surface area contributed by atoms with Gasteiger partial charge in [0.05, 0.1) is 0 Å². The van der Waals surface area contributed by atoms with E-state index in [1.165, 1.54) is 40.9 Å². The average Bonchev–Trinajstić information content (AvgIpc) is 3.53. The third-order valence-electron chi connectivity index (χ3n) is 5.17. The van der Waals surface area contributed by atoms with Crippen molar-refractivity contribution >= 4 is 69.9 Å². The van der Waals surface area contributed by atoms with Crippen LogP contribution in [-0.2, 0) is 30.6 Å². The molecule has 4 rings (SSSR count). The number of amides is 3. The van der Waals surface area contributed by atoms with Gasteiger partial charge in [0, 0.05) is 23.4 Å². The predicted octanol–water partition coefficient (Wildman–Crippen LogP) is -0.0107. The van der Waals surface area contributed by atoms with Crippen LogP contribution in [0.25, 0.3) is 0 Å². The molecule has 0 saturated carbocycles. The lowest BCUT2D eigenvalue weighted by Crippen LogP contribution is -2.71. The second-order valence-electron chi connectivity index (χ2n) is 7.51. The zero-order valence-electron chi connectivity index (χ0n) is 19.5. The number of nitrogens with zero attached hydrogens (tertiary/aromatic N) is 7. The molecule has 3 amide bonds. The number of thioether (sulfide) groups is 2. The fourth-order valence-corrected chi connectivity index (χ4v) is 6.65. The van der Waals surface area contributed by atoms with Crippen molar-refractivity contribution in [2.24, 2.45) is 5.16 Å². The second-order valence-corrected chi connectivity index (χ2v) is 10.4. The minimum absolute atomic E-state index is 0.101. The second kappa shape index (κ2) is 11.7. The van der Waals surface area contributed by atoms with Crippen molar-refractivity contribution in [3.8, 4) is 0 Å². The Balaban J connectivity index is 1.47. The van der Waals surface area contributed by atoms with Gasteiger partial charge in [-0.3, -0.25) is 19.3 Å². The molecule has 4 heterocycles. The molecule has 3 N–H and O–H groups in total. The first-order valence-corrected chi connectivity index (χ1v) is 13.7. The molecule has 0 aliphatic carbocycles. The summed E-state index contributed by atoms with van der Waals surface area (Å²) in [6, 6.07) is -0.967. The average molecular weight is 568 g/mol. The Morgan fingerprint density at radius 3 is 2.95 bits per heavy atom. The standard InChI is InChI=1S/C19H21N9O6S3/c1-3-4-27-19(23-25-26-27)37-6-9-5-35-16-12(15(31)28(16)13(9)17(32)33)22-14(30)11(24-34-2)10-7-36-18(21-10)20-8-29/h7-8,12,16H,3-6H2,1-2H3,(H,22,30)(H,32,33)(H,20,21,29)/b24-11+/t12?,16-/m1/s1. The van der Waals surface area contributed by atoms with Crippen LogP contribution in [0.3, 0.4) is 0 Å². The third kappa shape index (κ3) is 5.44. The number of nitrogens with one attached hydrogen (secondary N) is 2. The van der Waals surface area contributed by atoms with Crippen molar-refractivity contribution in [1.29, 1.82) is 0 Å². The number of thiazole rings is 1. The van der Waals surface area contributed by atoms with Gasteiger partial charge in [-0.05, 0) is 22.4 Å². The third-order valence-corrected chi connectivity index (χ3v) is 8.33. The molecule has 1 fully saturated rings. The van der Waals surface area contributed by atoms with E-state index in [-0.39, 0.29) is 28.0 Å². The Hall–Kier alpha value is -3.51. The maximum Gasteiger partial charge on any atom is 0.352 e. The van der Waals surface area contributed by atoms with Gasteiger partial charge in [-0.1, -0.05) is 23.8 Å². The summed E-state index contributed by atoms with van der Waals surface area (Å²) in [5.41, 5.74) is 0.406. The normalized spacial score (nSPS) is 19.2. The van der Waals surface area contributed by atoms with E-state index >= 15 is 0 Å². The minimum atomic E-state index is -1.23. The van der Waals surface area contributed by atoms with Crippen molar-refractivity contribution < 1.29 is 29.1 Å². The predicted molar refractivity (Wildman–Crippen MR) is 134 cm³/mol. The first-order valence-electron chi connectivity index (χ1n) is 10.8. The summed E-state index contributed by atoms with van der Waals surface area (Å²) in [4.78, 5) is 58.7. The minimum Gasteiger partial charge on any atom is -0.477 e. The highest BCUT2D eigenvalue weighted by molar-refractivity contribution is 8.01. The lowest BCUT2D eigenvalue weighted by Gasteiger charge is -2.49. The number of oxime groups is 1. The van der Waals surface area contributed by atoms with Gasteiger partial charge < -0.3 is 20.6 Å². The largest absolute Gasteiger partial charge is 0.477 e. The summed E-state index contributed by atoms with van der Waals surface area (Å²) < 4.78 is 1.64. The summed E-state index contributed by atoms with van der Waals surface area (Å²) in [6.45, 7) is 2.63. The Morgan fingerprint density at radius 2 is 2.24 bits per heavy atom. The van der Waals surface area contributed by atoms with Crippen LogP contribution in [0.4, 0.5) is 5.13 Å². The number of carbonyl (C=O) groups is 4. The quantitative estimate of drug-likeness (QED) is 0.102. The first kappa shape index (κ1) is 26.6. The van der Waals surface area contributed by atoms with Crippen LogP contribution in [0.15, 0.2) is 27.0 Å². The molecule has 2 atom stereocenters. The molecule has 0 radical (unpaired) electrons. The lowest BCUT2D eigenvalue weighted by molar-refractivity contribution is -0.150. The summed E-state index contributed by atoms with van der Waals surface area (Å²) in [5, 5.41) is 31.9. The number of anilines is 1. The number of rotatable bonds is 12. The maximum atomic E-state index is 13.0. The Morgan fingerprint density at radius 1 is 1.43 bits per heavy atom. The summed E-state index contributed by atoms with van der Waals surface area (Å²) in [5.74, 6) is -1.88. The molecule has 1 unspecified atom stereocenters. The molecule has 0 bridgehead atoms. The topological polar surface area (TPSA) is 194 Å². The molecule has 18 heteroatoms. The number of hydrogen-bond donors (Lipinski definition) is 3. The molecule has 2 aliphatic rings. The van der Waals surface area contributed by atoms with Crippen LogP contribution < -0.4 is 10.6 Å². The van der Waals surface area contributed by atoms with E-state index in [2.05, 4.69) is 36.3 Å². The zero-order chi connectivity index (χ0) is 26.5. The number of tetrazole rings is 1. The molecule has 0 spiro atoms. The van der Waals surface area contributed by atoms with Crippen molar-refractivity contribution in [3.05, 3.63) is 22.3 Å². The number of β-lactam (4-membered cyclic amide) rings is 1. The molecular weight excluding hydrogens is 546 g/mol. The maximum absolute atomic E-state index is 13.0. The van der Waals surface area contributed by atoms with Gasteiger partial charge in [0.2, 0.25) is 11.6 Å². The number of aliphatic carboxylic acids is 1. The van der Waals surface area contributed by atoms with Crippen molar-refractivity contribution in [1.82, 2.24) is 35.4 Å². The number of fused-ring (bicyclic) bond motifs is 1. The fraction of sp³-hybridized carbons (Fsp3) is 0.421. The van der Waals surface area contributed by atoms with Crippen LogP contribution in [0.1, 0.15) is 19.0 Å². The van der Waals surface area contributed by atoms with E-state index in [4.69, 9.17) is 4.84 Å². The van der Waals surface area contributed by atoms with Crippen molar-refractivity contribution in [2.45, 2.75) is 36.5 Å². The first-order chi connectivity index (χ1) is 17.9. The van der Waals surface area contributed by atoms with Crippen LogP contribution in [0, 0.1) is 0 Å². The number of aromatic nitrogens is 5. The highest BCUT2D eigenvalue weighted by Gasteiger charge is 2.54. The lowest BCUT2D eigenvalue weighted by atomic mass is 10.0. The van der Waals surface area contributed by atoms with Crippen molar-refractivity contribution in [3.63, 3.8) is 0 Å². The molecule has 2 aromatic rings. The Labute approximate surface area is 222 Å². The molecule has 37 heavy (non-hydrogen) atoms. The zero-order valence-corrected chi connectivity index (χ0v) is 21.9. The molecule has 2 aromatic heterocycles. The van der Waals surface area contributed by atoms with Gasteiger partial charge in [-0.15, -0.1) is 28.2 Å². The molecule has 0 aromatic carbocycles. The van der Waals surface area contributed by atoms with Gasteiger partial charge in [-0.2, -0.15) is 0 Å². The SMILES string of the molecule is CCCn1nnnc1SCC1=C(C(=O)O)N2C(=O)C(NC(=O)/C(=N/OC)c3csc(NC=O)n3)[C@H]2SC1. The summed E-state index contributed by atoms with van der Waals surface area (Å²) >= 11 is 3.72. The number of aryl methyl sites for hydroxylation is 1. The number of carbonyl (C=O) groups excluding carboxylic acids is 3. The number of carboxylic acid groups (broad SMARTS) is 1. The van der Waals surface area contributed by atoms with Crippen LogP contribution in [0.2, 0.25) is 0 Å². The van der Waals surface area contributed by atoms with E-state index in [0.29, 0.717) is 29.4 Å². The highest BCUT2D eigenvalue weighted by atomic mass is 32.2. The van der Waals surface area contributed by atoms with Gasteiger partial charge in [0.1, 0.15) is 29.9 Å². The fourth-order valence-electron chi connectivity index (χ4n) is 3.60. The monoisotopic (exact) mass is 567 g/mol. The highest BCUT2D eigenvalue weighted by Crippen LogP contribution is 2.41. The Kier molecular flexibility index (Phi) is 8.39. The molecule has 196 valence electrons. The van der Waals surface area contributed by atoms with Crippen LogP contribution in [-0.4, -0.2) is 95.1 Å². The van der Waals surface area contributed by atoms with Crippen molar-refractivity contribution in [2.75, 3.05) is 23.9 Å². The summed E-state index contributed by atoms with van der Waals surface area (Å²) in [6.07, 6.45) is 1.29. The molecule has 15 nitrogen and oxygen atoms in total. The van der Waals surface area contributed by atoms with Crippen LogP contribution in [0.5, 0.6) is 0 Å². The number of hydrogen-bond acceptors (Lipinski definition) is 13. The summed E-state index contributed by atoms with van der Waals surface area (Å²) in [7, 11) is 1.25. The van der Waals surface area contributed by atoms with Gasteiger partial charge in [0.25, 0.3) is 11.8 Å². The van der Waals surface area contributed by atoms with E-state index in [1.54, 1.807) is 4.68 Å². The van der Waals surface area contributed by atoms with E-state index in [0.717, 1.165) is 17.8 Å². The van der Waals surface area contributed by atoms with Crippen LogP contribution >= 0.6 is 34.9 Å². The van der Waals surface area contributed by atoms with E-state index < -0.39 is 29.2 Å². The van der Waals surface area contributed by atoms with E-state index in [1.807, 2.05) is 6.92 Å². The molecule has 1 saturated heterocycles. The molecule has 2 aliphatic heterocycles. The van der Waals surface area contributed by atoms with Gasteiger partial charge in [0.15, 0.2) is 10.8 Å². The smallest absolute Gasteiger partial charge is 0.352 e. The van der Waals surface area contributed by atoms with Gasteiger partial charge >= 0.3 is 5.97 Å². The van der Waals surface area contributed by atoms with Gasteiger partial charge in [-0.25, -0.2) is 14.5 Å². The number of carboxylic acids is 1. The molecular formula is C19H21N9O6S3. The van der Waals surface area contributed by atoms with E-state index in [9.17, 15) is 24.3 Å². The Bertz CT molecular complexity index is 1280.